The van der Waals surface area contributed by atoms with Gasteiger partial charge in [0.1, 0.15) is 23.5 Å². The van der Waals surface area contributed by atoms with Crippen molar-refractivity contribution in [3.05, 3.63) is 114 Å². The van der Waals surface area contributed by atoms with E-state index in [-0.39, 0.29) is 11.7 Å². The SMILES string of the molecule is Cc1nc2cc(C(=O)NC(c3cccc(F)c3)c3nccn3C)ccc2n1-c1ccccc1. The number of aryl methyl sites for hydroxylation is 2. The van der Waals surface area contributed by atoms with Crippen LogP contribution in [0.15, 0.2) is 85.2 Å². The maximum absolute atomic E-state index is 13.9. The molecule has 0 aliphatic heterocycles. The second-order valence-corrected chi connectivity index (χ2v) is 7.89. The molecule has 0 bridgehead atoms. The Balaban J connectivity index is 1.50. The van der Waals surface area contributed by atoms with Crippen molar-refractivity contribution in [2.45, 2.75) is 13.0 Å². The van der Waals surface area contributed by atoms with Crippen molar-refractivity contribution in [2.24, 2.45) is 7.05 Å². The molecule has 1 amide bonds. The largest absolute Gasteiger partial charge is 0.338 e. The van der Waals surface area contributed by atoms with Crippen LogP contribution in [-0.4, -0.2) is 25.0 Å². The Morgan fingerprint density at radius 3 is 2.58 bits per heavy atom. The summed E-state index contributed by atoms with van der Waals surface area (Å²) in [6.45, 7) is 1.94. The van der Waals surface area contributed by atoms with Gasteiger partial charge in [0.2, 0.25) is 0 Å². The number of benzene rings is 3. The van der Waals surface area contributed by atoms with E-state index in [9.17, 15) is 9.18 Å². The fourth-order valence-corrected chi connectivity index (χ4v) is 4.10. The summed E-state index contributed by atoms with van der Waals surface area (Å²) in [5.41, 5.74) is 3.73. The van der Waals surface area contributed by atoms with Gasteiger partial charge in [-0.3, -0.25) is 9.36 Å². The van der Waals surface area contributed by atoms with Gasteiger partial charge in [-0.15, -0.1) is 0 Å². The van der Waals surface area contributed by atoms with Crippen molar-refractivity contribution in [1.29, 1.82) is 0 Å². The van der Waals surface area contributed by atoms with Crippen LogP contribution in [0.3, 0.4) is 0 Å². The Morgan fingerprint density at radius 2 is 1.85 bits per heavy atom. The van der Waals surface area contributed by atoms with Gasteiger partial charge in [0.15, 0.2) is 0 Å². The van der Waals surface area contributed by atoms with Gasteiger partial charge < -0.3 is 9.88 Å². The van der Waals surface area contributed by atoms with E-state index >= 15 is 0 Å². The molecule has 0 aliphatic carbocycles. The average molecular weight is 439 g/mol. The van der Waals surface area contributed by atoms with Gasteiger partial charge in [-0.1, -0.05) is 30.3 Å². The topological polar surface area (TPSA) is 64.7 Å². The van der Waals surface area contributed by atoms with E-state index in [2.05, 4.69) is 19.9 Å². The number of imidazole rings is 2. The maximum Gasteiger partial charge on any atom is 0.252 e. The summed E-state index contributed by atoms with van der Waals surface area (Å²) in [5.74, 6) is 0.781. The van der Waals surface area contributed by atoms with Gasteiger partial charge in [0.25, 0.3) is 5.91 Å². The Kier molecular flexibility index (Phi) is 5.22. The van der Waals surface area contributed by atoms with Gasteiger partial charge in [-0.25, -0.2) is 14.4 Å². The molecule has 33 heavy (non-hydrogen) atoms. The van der Waals surface area contributed by atoms with E-state index < -0.39 is 6.04 Å². The van der Waals surface area contributed by atoms with Crippen molar-refractivity contribution in [3.63, 3.8) is 0 Å². The third-order valence-corrected chi connectivity index (χ3v) is 5.67. The van der Waals surface area contributed by atoms with Crippen LogP contribution in [0.4, 0.5) is 4.39 Å². The predicted molar refractivity (Wildman–Crippen MR) is 125 cm³/mol. The molecule has 5 aromatic rings. The fraction of sp³-hybridized carbons (Fsp3) is 0.115. The van der Waals surface area contributed by atoms with Crippen LogP contribution in [0.2, 0.25) is 0 Å². The molecule has 2 aromatic heterocycles. The average Bonchev–Trinajstić information content (AvgIpc) is 3.39. The Morgan fingerprint density at radius 1 is 1.03 bits per heavy atom. The fourth-order valence-electron chi connectivity index (χ4n) is 4.10. The van der Waals surface area contributed by atoms with Gasteiger partial charge in [-0.2, -0.15) is 0 Å². The number of hydrogen-bond acceptors (Lipinski definition) is 3. The lowest BCUT2D eigenvalue weighted by molar-refractivity contribution is 0.0941. The lowest BCUT2D eigenvalue weighted by atomic mass is 10.0. The first-order valence-corrected chi connectivity index (χ1v) is 10.6. The summed E-state index contributed by atoms with van der Waals surface area (Å²) in [7, 11) is 1.84. The number of amides is 1. The number of hydrogen-bond donors (Lipinski definition) is 1. The van der Waals surface area contributed by atoms with Crippen LogP contribution in [0.1, 0.15) is 33.6 Å². The van der Waals surface area contributed by atoms with Gasteiger partial charge in [0, 0.05) is 30.7 Å². The molecule has 3 aromatic carbocycles. The first-order valence-electron chi connectivity index (χ1n) is 10.6. The number of para-hydroxylation sites is 1. The minimum absolute atomic E-state index is 0.291. The highest BCUT2D eigenvalue weighted by atomic mass is 19.1. The molecular formula is C26H22FN5O. The Hall–Kier alpha value is -4.26. The quantitative estimate of drug-likeness (QED) is 0.431. The van der Waals surface area contributed by atoms with E-state index in [1.165, 1.54) is 12.1 Å². The third-order valence-electron chi connectivity index (χ3n) is 5.67. The number of aromatic nitrogens is 4. The number of carbonyl (C=O) groups is 1. The highest BCUT2D eigenvalue weighted by Gasteiger charge is 2.22. The standard InChI is InChI=1S/C26H22FN5O/c1-17-29-22-16-19(11-12-23(22)32(17)21-9-4-3-5-10-21)26(33)30-24(25-28-13-14-31(25)2)18-7-6-8-20(27)15-18/h3-16,24H,1-2H3,(H,30,33). The summed E-state index contributed by atoms with van der Waals surface area (Å²) in [6.07, 6.45) is 3.44. The molecule has 0 aliphatic rings. The molecule has 0 saturated carbocycles. The van der Waals surface area contributed by atoms with Gasteiger partial charge in [-0.05, 0) is 55.0 Å². The van der Waals surface area contributed by atoms with E-state index in [4.69, 9.17) is 0 Å². The smallest absolute Gasteiger partial charge is 0.252 e. The zero-order valence-corrected chi connectivity index (χ0v) is 18.2. The number of carbonyl (C=O) groups excluding carboxylic acids is 1. The third kappa shape index (κ3) is 3.89. The monoisotopic (exact) mass is 439 g/mol. The zero-order valence-electron chi connectivity index (χ0n) is 18.2. The normalized spacial score (nSPS) is 12.1. The molecule has 0 fully saturated rings. The summed E-state index contributed by atoms with van der Waals surface area (Å²) in [6, 6.07) is 21.0. The molecule has 1 N–H and O–H groups in total. The van der Waals surface area contributed by atoms with Gasteiger partial charge >= 0.3 is 0 Å². The number of nitrogens with one attached hydrogen (secondary N) is 1. The van der Waals surface area contributed by atoms with Crippen LogP contribution in [0, 0.1) is 12.7 Å². The summed E-state index contributed by atoms with van der Waals surface area (Å²) in [4.78, 5) is 22.3. The van der Waals surface area contributed by atoms with Crippen molar-refractivity contribution < 1.29 is 9.18 Å². The molecule has 2 heterocycles. The van der Waals surface area contributed by atoms with E-state index in [1.54, 1.807) is 36.7 Å². The molecule has 0 saturated heterocycles. The number of nitrogens with zero attached hydrogens (tertiary/aromatic N) is 4. The molecule has 7 heteroatoms. The molecule has 0 radical (unpaired) electrons. The maximum atomic E-state index is 13.9. The van der Waals surface area contributed by atoms with Gasteiger partial charge in [0.05, 0.1) is 11.0 Å². The van der Waals surface area contributed by atoms with E-state index in [1.807, 2.05) is 54.9 Å². The Labute approximate surface area is 190 Å². The van der Waals surface area contributed by atoms with Crippen LogP contribution in [0.25, 0.3) is 16.7 Å². The first-order chi connectivity index (χ1) is 16.0. The number of rotatable bonds is 5. The predicted octanol–water partition coefficient (Wildman–Crippen LogP) is 4.73. The lowest BCUT2D eigenvalue weighted by Gasteiger charge is -2.19. The number of fused-ring (bicyclic) bond motifs is 1. The van der Waals surface area contributed by atoms with Crippen LogP contribution < -0.4 is 5.32 Å². The van der Waals surface area contributed by atoms with Crippen molar-refractivity contribution in [2.75, 3.05) is 0 Å². The molecule has 5 rings (SSSR count). The second kappa shape index (κ2) is 8.35. The minimum atomic E-state index is -0.604. The van der Waals surface area contributed by atoms with Crippen LogP contribution >= 0.6 is 0 Å². The highest BCUT2D eigenvalue weighted by Crippen LogP contribution is 2.25. The molecule has 0 spiro atoms. The highest BCUT2D eigenvalue weighted by molar-refractivity contribution is 5.98. The van der Waals surface area contributed by atoms with Crippen molar-refractivity contribution >= 4 is 16.9 Å². The molecule has 1 atom stereocenters. The molecule has 164 valence electrons. The molecule has 1 unspecified atom stereocenters. The van der Waals surface area contributed by atoms with Crippen LogP contribution in [-0.2, 0) is 7.05 Å². The number of halogens is 1. The molecule has 6 nitrogen and oxygen atoms in total. The van der Waals surface area contributed by atoms with E-state index in [0.29, 0.717) is 17.0 Å². The first kappa shape index (κ1) is 20.6. The Bertz CT molecular complexity index is 1450. The van der Waals surface area contributed by atoms with Crippen LogP contribution in [0.5, 0.6) is 0 Å². The summed E-state index contributed by atoms with van der Waals surface area (Å²) >= 11 is 0. The molecular weight excluding hydrogens is 417 g/mol. The zero-order chi connectivity index (χ0) is 22.9. The van der Waals surface area contributed by atoms with E-state index in [0.717, 1.165) is 22.5 Å². The minimum Gasteiger partial charge on any atom is -0.338 e. The summed E-state index contributed by atoms with van der Waals surface area (Å²) in [5, 5.41) is 3.01. The van der Waals surface area contributed by atoms with Crippen molar-refractivity contribution in [3.8, 4) is 5.69 Å². The van der Waals surface area contributed by atoms with Crippen molar-refractivity contribution in [1.82, 2.24) is 24.4 Å². The second-order valence-electron chi connectivity index (χ2n) is 7.89. The lowest BCUT2D eigenvalue weighted by Crippen LogP contribution is -2.31. The summed E-state index contributed by atoms with van der Waals surface area (Å²) < 4.78 is 17.8.